The molecule has 1 heterocycles. The maximum Gasteiger partial charge on any atom is 0.287 e. The van der Waals surface area contributed by atoms with Crippen LogP contribution in [0.3, 0.4) is 0 Å². The van der Waals surface area contributed by atoms with E-state index in [9.17, 15) is 9.90 Å². The van der Waals surface area contributed by atoms with Gasteiger partial charge in [-0.3, -0.25) is 4.79 Å². The van der Waals surface area contributed by atoms with Crippen LogP contribution in [0.2, 0.25) is 5.22 Å². The lowest BCUT2D eigenvalue weighted by atomic mass is 10.1. The van der Waals surface area contributed by atoms with Gasteiger partial charge in [0.15, 0.2) is 11.0 Å². The van der Waals surface area contributed by atoms with Gasteiger partial charge in [-0.2, -0.15) is 0 Å². The third-order valence-electron chi connectivity index (χ3n) is 2.73. The molecule has 6 heteroatoms. The Morgan fingerprint density at radius 1 is 1.45 bits per heavy atom. The molecule has 0 saturated heterocycles. The SMILES string of the molecule is COc1cccc(C(O)CNC(=O)c2ccc(Cl)o2)c1. The molecule has 0 aliphatic rings. The average Bonchev–Trinajstić information content (AvgIpc) is 2.91. The van der Waals surface area contributed by atoms with Crippen molar-refractivity contribution in [3.05, 3.63) is 52.9 Å². The zero-order chi connectivity index (χ0) is 14.5. The Labute approximate surface area is 121 Å². The van der Waals surface area contributed by atoms with Crippen LogP contribution in [0.1, 0.15) is 22.2 Å². The molecule has 1 aromatic heterocycles. The maximum absolute atomic E-state index is 11.7. The van der Waals surface area contributed by atoms with Crippen LogP contribution in [-0.4, -0.2) is 24.7 Å². The topological polar surface area (TPSA) is 71.7 Å². The summed E-state index contributed by atoms with van der Waals surface area (Å²) in [5.41, 5.74) is 0.655. The third-order valence-corrected chi connectivity index (χ3v) is 2.93. The molecule has 1 unspecified atom stereocenters. The Balaban J connectivity index is 1.94. The number of rotatable bonds is 5. The van der Waals surface area contributed by atoms with Crippen molar-refractivity contribution in [2.75, 3.05) is 13.7 Å². The summed E-state index contributed by atoms with van der Waals surface area (Å²) in [6.07, 6.45) is -0.834. The van der Waals surface area contributed by atoms with Crippen molar-refractivity contribution in [2.24, 2.45) is 0 Å². The summed E-state index contributed by atoms with van der Waals surface area (Å²) in [7, 11) is 1.55. The van der Waals surface area contributed by atoms with E-state index in [1.165, 1.54) is 12.1 Å². The monoisotopic (exact) mass is 295 g/mol. The molecule has 1 aromatic carbocycles. The van der Waals surface area contributed by atoms with Crippen molar-refractivity contribution in [3.8, 4) is 5.75 Å². The first-order valence-corrected chi connectivity index (χ1v) is 6.33. The van der Waals surface area contributed by atoms with E-state index >= 15 is 0 Å². The van der Waals surface area contributed by atoms with Crippen LogP contribution in [0.15, 0.2) is 40.8 Å². The molecule has 2 rings (SSSR count). The second-order valence-electron chi connectivity index (χ2n) is 4.11. The molecular weight excluding hydrogens is 282 g/mol. The van der Waals surface area contributed by atoms with Crippen LogP contribution in [0, 0.1) is 0 Å². The number of carbonyl (C=O) groups is 1. The lowest BCUT2D eigenvalue weighted by molar-refractivity contribution is 0.0889. The largest absolute Gasteiger partial charge is 0.497 e. The zero-order valence-corrected chi connectivity index (χ0v) is 11.6. The normalized spacial score (nSPS) is 11.9. The molecule has 0 spiro atoms. The van der Waals surface area contributed by atoms with Gasteiger partial charge >= 0.3 is 0 Å². The summed E-state index contributed by atoms with van der Waals surface area (Å²) in [6.45, 7) is 0.0598. The number of halogens is 1. The van der Waals surface area contributed by atoms with Crippen LogP contribution in [0.5, 0.6) is 5.75 Å². The molecule has 0 fully saturated rings. The number of aliphatic hydroxyl groups is 1. The van der Waals surface area contributed by atoms with Gasteiger partial charge in [0, 0.05) is 6.54 Å². The first kappa shape index (κ1) is 14.4. The van der Waals surface area contributed by atoms with Gasteiger partial charge < -0.3 is 19.6 Å². The molecule has 5 nitrogen and oxygen atoms in total. The first-order valence-electron chi connectivity index (χ1n) is 5.95. The van der Waals surface area contributed by atoms with E-state index < -0.39 is 12.0 Å². The predicted octanol–water partition coefficient (Wildman–Crippen LogP) is 2.41. The number of carbonyl (C=O) groups excluding carboxylic acids is 1. The molecule has 2 N–H and O–H groups in total. The minimum atomic E-state index is -0.834. The van der Waals surface area contributed by atoms with Crippen molar-refractivity contribution in [1.29, 1.82) is 0 Å². The van der Waals surface area contributed by atoms with Gasteiger partial charge in [0.1, 0.15) is 5.75 Å². The van der Waals surface area contributed by atoms with Gasteiger partial charge in [-0.1, -0.05) is 12.1 Å². The first-order chi connectivity index (χ1) is 9.60. The second kappa shape index (κ2) is 6.45. The maximum atomic E-state index is 11.7. The third kappa shape index (κ3) is 3.53. The van der Waals surface area contributed by atoms with Crippen LogP contribution in [0.4, 0.5) is 0 Å². The molecule has 0 radical (unpaired) electrons. The number of furan rings is 1. The summed E-state index contributed by atoms with van der Waals surface area (Å²) >= 11 is 5.59. The van der Waals surface area contributed by atoms with E-state index in [0.29, 0.717) is 11.3 Å². The molecular formula is C14H14ClNO4. The number of benzene rings is 1. The molecule has 0 aliphatic carbocycles. The molecule has 0 aliphatic heterocycles. The highest BCUT2D eigenvalue weighted by Crippen LogP contribution is 2.19. The smallest absolute Gasteiger partial charge is 0.287 e. The molecule has 1 atom stereocenters. The Morgan fingerprint density at radius 3 is 2.90 bits per heavy atom. The summed E-state index contributed by atoms with van der Waals surface area (Å²) in [6, 6.07) is 9.96. The van der Waals surface area contributed by atoms with Crippen molar-refractivity contribution in [1.82, 2.24) is 5.32 Å². The highest BCUT2D eigenvalue weighted by molar-refractivity contribution is 6.29. The van der Waals surface area contributed by atoms with Crippen molar-refractivity contribution in [2.45, 2.75) is 6.10 Å². The lowest BCUT2D eigenvalue weighted by Gasteiger charge is -2.12. The fourth-order valence-electron chi connectivity index (χ4n) is 1.68. The van der Waals surface area contributed by atoms with E-state index in [1.54, 1.807) is 31.4 Å². The highest BCUT2D eigenvalue weighted by atomic mass is 35.5. The van der Waals surface area contributed by atoms with Crippen LogP contribution >= 0.6 is 11.6 Å². The van der Waals surface area contributed by atoms with Crippen molar-refractivity contribution >= 4 is 17.5 Å². The Bertz CT molecular complexity index is 596. The predicted molar refractivity (Wildman–Crippen MR) is 74.0 cm³/mol. The number of ether oxygens (including phenoxy) is 1. The lowest BCUT2D eigenvalue weighted by Crippen LogP contribution is -2.28. The Hall–Kier alpha value is -1.98. The summed E-state index contributed by atoms with van der Waals surface area (Å²) in [5, 5.41) is 12.7. The number of hydrogen-bond acceptors (Lipinski definition) is 4. The number of hydrogen-bond donors (Lipinski definition) is 2. The van der Waals surface area contributed by atoms with E-state index in [2.05, 4.69) is 5.32 Å². The fourth-order valence-corrected chi connectivity index (χ4v) is 1.83. The van der Waals surface area contributed by atoms with Gasteiger partial charge in [0.25, 0.3) is 5.91 Å². The van der Waals surface area contributed by atoms with E-state index in [-0.39, 0.29) is 17.5 Å². The van der Waals surface area contributed by atoms with Gasteiger partial charge in [0.2, 0.25) is 0 Å². The number of amides is 1. The number of nitrogens with one attached hydrogen (secondary N) is 1. The van der Waals surface area contributed by atoms with Crippen LogP contribution in [-0.2, 0) is 0 Å². The van der Waals surface area contributed by atoms with Crippen molar-refractivity contribution < 1.29 is 19.1 Å². The van der Waals surface area contributed by atoms with Gasteiger partial charge in [-0.05, 0) is 41.4 Å². The molecule has 1 amide bonds. The van der Waals surface area contributed by atoms with Gasteiger partial charge in [0.05, 0.1) is 13.2 Å². The van der Waals surface area contributed by atoms with E-state index in [1.807, 2.05) is 0 Å². The zero-order valence-electron chi connectivity index (χ0n) is 10.8. The van der Waals surface area contributed by atoms with E-state index in [4.69, 9.17) is 20.8 Å². The number of aliphatic hydroxyl groups excluding tert-OH is 1. The molecule has 0 bridgehead atoms. The Kier molecular flexibility index (Phi) is 4.65. The summed E-state index contributed by atoms with van der Waals surface area (Å²) in [4.78, 5) is 11.7. The molecule has 0 saturated carbocycles. The van der Waals surface area contributed by atoms with Gasteiger partial charge in [-0.15, -0.1) is 0 Å². The van der Waals surface area contributed by atoms with Crippen LogP contribution in [0.25, 0.3) is 0 Å². The fraction of sp³-hybridized carbons (Fsp3) is 0.214. The number of methoxy groups -OCH3 is 1. The highest BCUT2D eigenvalue weighted by Gasteiger charge is 2.14. The molecule has 106 valence electrons. The minimum absolute atomic E-state index is 0.0598. The van der Waals surface area contributed by atoms with Crippen molar-refractivity contribution in [3.63, 3.8) is 0 Å². The van der Waals surface area contributed by atoms with E-state index in [0.717, 1.165) is 0 Å². The molecule has 20 heavy (non-hydrogen) atoms. The molecule has 2 aromatic rings. The minimum Gasteiger partial charge on any atom is -0.497 e. The average molecular weight is 296 g/mol. The van der Waals surface area contributed by atoms with Gasteiger partial charge in [-0.25, -0.2) is 0 Å². The second-order valence-corrected chi connectivity index (χ2v) is 4.48. The quantitative estimate of drug-likeness (QED) is 0.888. The Morgan fingerprint density at radius 2 is 2.25 bits per heavy atom. The van der Waals surface area contributed by atoms with Crippen LogP contribution < -0.4 is 10.1 Å². The summed E-state index contributed by atoms with van der Waals surface area (Å²) in [5.74, 6) is 0.317. The summed E-state index contributed by atoms with van der Waals surface area (Å²) < 4.78 is 10.0. The standard InChI is InChI=1S/C14H14ClNO4/c1-19-10-4-2-3-9(7-10)11(17)8-16-14(18)12-5-6-13(15)20-12/h2-7,11,17H,8H2,1H3,(H,16,18).